The lowest BCUT2D eigenvalue weighted by Crippen LogP contribution is -2.02. The molecule has 0 aliphatic heterocycles. The molecule has 0 aliphatic carbocycles. The summed E-state index contributed by atoms with van der Waals surface area (Å²) in [5.74, 6) is -0.0977. The number of aromatic hydroxyl groups is 1. The molecule has 2 rings (SSSR count). The zero-order valence-corrected chi connectivity index (χ0v) is 8.51. The Kier molecular flexibility index (Phi) is 2.55. The monoisotopic (exact) mass is 246 g/mol. The number of pyridine rings is 1. The maximum atomic E-state index is 12.3. The molecule has 0 fully saturated rings. The van der Waals surface area contributed by atoms with Crippen LogP contribution in [0.5, 0.6) is 5.75 Å². The Morgan fingerprint density at radius 3 is 2.50 bits per heavy atom. The number of halogens is 3. The van der Waals surface area contributed by atoms with Crippen LogP contribution in [0.25, 0.3) is 10.4 Å². The fraction of sp³-hybridized carbons (Fsp3) is 0.111. The van der Waals surface area contributed by atoms with Gasteiger partial charge in [0.25, 0.3) is 0 Å². The molecule has 0 saturated heterocycles. The third-order valence-corrected chi connectivity index (χ3v) is 2.85. The van der Waals surface area contributed by atoms with Gasteiger partial charge in [-0.1, -0.05) is 0 Å². The van der Waals surface area contributed by atoms with Crippen molar-refractivity contribution in [1.82, 2.24) is 9.97 Å². The molecule has 0 amide bonds. The fourth-order valence-corrected chi connectivity index (χ4v) is 1.87. The highest BCUT2D eigenvalue weighted by atomic mass is 32.1. The van der Waals surface area contributed by atoms with E-state index in [0.717, 1.165) is 6.20 Å². The summed E-state index contributed by atoms with van der Waals surface area (Å²) < 4.78 is 36.8. The number of alkyl halides is 3. The average molecular weight is 246 g/mol. The van der Waals surface area contributed by atoms with Crippen molar-refractivity contribution in [3.8, 4) is 16.2 Å². The Labute approximate surface area is 92.2 Å². The van der Waals surface area contributed by atoms with Crippen LogP contribution in [-0.2, 0) is 6.18 Å². The summed E-state index contributed by atoms with van der Waals surface area (Å²) in [6.07, 6.45) is -0.750. The third kappa shape index (κ3) is 2.13. The van der Waals surface area contributed by atoms with Gasteiger partial charge in [0.2, 0.25) is 0 Å². The second-order valence-corrected chi connectivity index (χ2v) is 3.99. The third-order valence-electron chi connectivity index (χ3n) is 1.76. The first-order valence-electron chi connectivity index (χ1n) is 4.14. The van der Waals surface area contributed by atoms with E-state index < -0.39 is 11.2 Å². The number of rotatable bonds is 1. The van der Waals surface area contributed by atoms with E-state index in [2.05, 4.69) is 9.97 Å². The van der Waals surface area contributed by atoms with Gasteiger partial charge in [0.1, 0.15) is 5.75 Å². The predicted octanol–water partition coefficient (Wildman–Crippen LogP) is 2.93. The maximum Gasteiger partial charge on any atom is 0.443 e. The summed E-state index contributed by atoms with van der Waals surface area (Å²) in [4.78, 5) is 7.27. The van der Waals surface area contributed by atoms with Gasteiger partial charge in [0.15, 0.2) is 5.01 Å². The van der Waals surface area contributed by atoms with Gasteiger partial charge in [-0.05, 0) is 6.07 Å². The summed E-state index contributed by atoms with van der Waals surface area (Å²) in [6.45, 7) is 0. The van der Waals surface area contributed by atoms with Crippen LogP contribution in [0.2, 0.25) is 0 Å². The van der Waals surface area contributed by atoms with Crippen LogP contribution < -0.4 is 0 Å². The summed E-state index contributed by atoms with van der Waals surface area (Å²) in [6, 6.07) is 1.33. The molecule has 7 heteroatoms. The summed E-state index contributed by atoms with van der Waals surface area (Å²) in [5, 5.41) is 8.23. The van der Waals surface area contributed by atoms with Crippen LogP contribution in [0.4, 0.5) is 13.2 Å². The summed E-state index contributed by atoms with van der Waals surface area (Å²) in [7, 11) is 0. The van der Waals surface area contributed by atoms with Gasteiger partial charge in [0.05, 0.1) is 11.1 Å². The molecule has 0 saturated carbocycles. The Hall–Kier alpha value is -1.63. The van der Waals surface area contributed by atoms with Crippen molar-refractivity contribution in [2.75, 3.05) is 0 Å². The largest absolute Gasteiger partial charge is 0.506 e. The molecular weight excluding hydrogens is 241 g/mol. The molecule has 0 atom stereocenters. The molecule has 84 valence electrons. The first-order valence-corrected chi connectivity index (χ1v) is 4.96. The van der Waals surface area contributed by atoms with E-state index >= 15 is 0 Å². The quantitative estimate of drug-likeness (QED) is 0.841. The van der Waals surface area contributed by atoms with Crippen LogP contribution in [0.1, 0.15) is 5.01 Å². The molecule has 0 spiro atoms. The molecule has 0 unspecified atom stereocenters. The molecule has 2 aromatic rings. The van der Waals surface area contributed by atoms with E-state index in [9.17, 15) is 13.2 Å². The van der Waals surface area contributed by atoms with Gasteiger partial charge < -0.3 is 5.11 Å². The molecule has 0 bridgehead atoms. The van der Waals surface area contributed by atoms with Crippen LogP contribution in [0, 0.1) is 0 Å². The fourth-order valence-electron chi connectivity index (χ4n) is 1.10. The molecule has 16 heavy (non-hydrogen) atoms. The zero-order valence-electron chi connectivity index (χ0n) is 7.69. The van der Waals surface area contributed by atoms with Crippen molar-refractivity contribution >= 4 is 11.3 Å². The van der Waals surface area contributed by atoms with Crippen molar-refractivity contribution in [3.63, 3.8) is 0 Å². The second-order valence-electron chi connectivity index (χ2n) is 2.96. The van der Waals surface area contributed by atoms with Gasteiger partial charge in [-0.2, -0.15) is 13.2 Å². The van der Waals surface area contributed by atoms with Crippen molar-refractivity contribution in [2.24, 2.45) is 0 Å². The molecule has 0 aromatic carbocycles. The summed E-state index contributed by atoms with van der Waals surface area (Å²) >= 11 is 0.514. The summed E-state index contributed by atoms with van der Waals surface area (Å²) in [5.41, 5.74) is 0.410. The lowest BCUT2D eigenvalue weighted by atomic mass is 10.2. The molecule has 1 N–H and O–H groups in total. The molecule has 0 aliphatic rings. The van der Waals surface area contributed by atoms with Crippen molar-refractivity contribution in [3.05, 3.63) is 29.7 Å². The first-order chi connectivity index (χ1) is 7.47. The van der Waals surface area contributed by atoms with E-state index in [-0.39, 0.29) is 5.75 Å². The van der Waals surface area contributed by atoms with Crippen LogP contribution in [0.15, 0.2) is 24.7 Å². The van der Waals surface area contributed by atoms with E-state index in [0.29, 0.717) is 21.8 Å². The highest BCUT2D eigenvalue weighted by Gasteiger charge is 2.34. The van der Waals surface area contributed by atoms with E-state index in [1.54, 1.807) is 0 Å². The highest BCUT2D eigenvalue weighted by molar-refractivity contribution is 7.15. The highest BCUT2D eigenvalue weighted by Crippen LogP contribution is 2.36. The molecule has 2 heterocycles. The van der Waals surface area contributed by atoms with Crippen molar-refractivity contribution in [1.29, 1.82) is 0 Å². The minimum atomic E-state index is -4.44. The molecule has 3 nitrogen and oxygen atoms in total. The Morgan fingerprint density at radius 2 is 1.94 bits per heavy atom. The lowest BCUT2D eigenvalue weighted by molar-refractivity contribution is -0.137. The first kappa shape index (κ1) is 10.9. The van der Waals surface area contributed by atoms with E-state index in [1.807, 2.05) is 0 Å². The minimum absolute atomic E-state index is 0.0977. The van der Waals surface area contributed by atoms with Gasteiger partial charge in [-0.25, -0.2) is 4.98 Å². The Bertz CT molecular complexity index is 509. The normalized spacial score (nSPS) is 11.7. The van der Waals surface area contributed by atoms with Gasteiger partial charge in [-0.3, -0.25) is 4.98 Å². The number of thiazole rings is 1. The van der Waals surface area contributed by atoms with E-state index in [1.165, 1.54) is 18.5 Å². The molecular formula is C9H5F3N2OS. The molecule has 0 radical (unpaired) electrons. The zero-order chi connectivity index (χ0) is 11.8. The number of hydrogen-bond donors (Lipinski definition) is 1. The van der Waals surface area contributed by atoms with Crippen LogP contribution >= 0.6 is 11.3 Å². The minimum Gasteiger partial charge on any atom is -0.506 e. The number of nitrogens with zero attached hydrogens (tertiary/aromatic N) is 2. The van der Waals surface area contributed by atoms with Crippen molar-refractivity contribution in [2.45, 2.75) is 6.18 Å². The topological polar surface area (TPSA) is 46.0 Å². The second kappa shape index (κ2) is 3.75. The Morgan fingerprint density at radius 1 is 1.19 bits per heavy atom. The average Bonchev–Trinajstić information content (AvgIpc) is 2.65. The smallest absolute Gasteiger partial charge is 0.443 e. The van der Waals surface area contributed by atoms with Crippen LogP contribution in [0.3, 0.4) is 0 Å². The van der Waals surface area contributed by atoms with Crippen LogP contribution in [-0.4, -0.2) is 15.1 Å². The van der Waals surface area contributed by atoms with Gasteiger partial charge in [-0.15, -0.1) is 11.3 Å². The SMILES string of the molecule is Oc1cncc(-c2cnc(C(F)(F)F)s2)c1. The molecule has 2 aromatic heterocycles. The maximum absolute atomic E-state index is 12.3. The lowest BCUT2D eigenvalue weighted by Gasteiger charge is -1.99. The van der Waals surface area contributed by atoms with Gasteiger partial charge in [0, 0.05) is 18.0 Å². The Balaban J connectivity index is 2.39. The van der Waals surface area contributed by atoms with Crippen molar-refractivity contribution < 1.29 is 18.3 Å². The predicted molar refractivity (Wildman–Crippen MR) is 52.0 cm³/mol. The number of aromatic nitrogens is 2. The van der Waals surface area contributed by atoms with Gasteiger partial charge >= 0.3 is 6.18 Å². The standard InChI is InChI=1S/C9H5F3N2OS/c10-9(11,12)8-14-4-7(16-8)5-1-6(15)3-13-2-5/h1-4,15H. The van der Waals surface area contributed by atoms with E-state index in [4.69, 9.17) is 5.11 Å². The number of hydrogen-bond acceptors (Lipinski definition) is 4.